The quantitative estimate of drug-likeness (QED) is 0.861. The van der Waals surface area contributed by atoms with Gasteiger partial charge in [0.2, 0.25) is 0 Å². The number of hydrogen-bond donors (Lipinski definition) is 1. The number of thiophene rings is 1. The summed E-state index contributed by atoms with van der Waals surface area (Å²) in [5, 5.41) is 2.04. The first kappa shape index (κ1) is 14.4. The van der Waals surface area contributed by atoms with Crippen LogP contribution in [0, 0.1) is 0 Å². The van der Waals surface area contributed by atoms with Crippen LogP contribution < -0.4 is 10.5 Å². The average Bonchev–Trinajstić information content (AvgIpc) is 2.98. The van der Waals surface area contributed by atoms with Gasteiger partial charge in [0.25, 0.3) is 5.91 Å². The van der Waals surface area contributed by atoms with Gasteiger partial charge in [-0.25, -0.2) is 0 Å². The number of nitrogens with two attached hydrogens (primary N) is 1. The third-order valence-electron chi connectivity index (χ3n) is 3.11. The summed E-state index contributed by atoms with van der Waals surface area (Å²) in [6, 6.07) is 9.21. The molecule has 0 saturated heterocycles. The Morgan fingerprint density at radius 2 is 2.20 bits per heavy atom. The van der Waals surface area contributed by atoms with E-state index >= 15 is 0 Å². The summed E-state index contributed by atoms with van der Waals surface area (Å²) in [7, 11) is 3.36. The Morgan fingerprint density at radius 3 is 2.85 bits per heavy atom. The standard InChI is InChI=1S/C15H18N2O2S/c1-17(8-7-12-4-3-9-20-12)15(18)13-10-11(19-2)5-6-14(13)16/h3-6,9-10H,7-8,16H2,1-2H3. The van der Waals surface area contributed by atoms with E-state index in [0.717, 1.165) is 6.42 Å². The number of rotatable bonds is 5. The van der Waals surface area contributed by atoms with Gasteiger partial charge in [0.05, 0.1) is 12.7 Å². The molecule has 0 spiro atoms. The van der Waals surface area contributed by atoms with E-state index in [2.05, 4.69) is 6.07 Å². The molecule has 2 N–H and O–H groups in total. The Bertz CT molecular complexity index is 582. The van der Waals surface area contributed by atoms with Crippen LogP contribution in [0.2, 0.25) is 0 Å². The molecule has 0 saturated carbocycles. The molecular formula is C15H18N2O2S. The van der Waals surface area contributed by atoms with Crippen molar-refractivity contribution in [2.45, 2.75) is 6.42 Å². The molecule has 0 fully saturated rings. The topological polar surface area (TPSA) is 55.6 Å². The number of nitrogen functional groups attached to an aromatic ring is 1. The van der Waals surface area contributed by atoms with Crippen molar-refractivity contribution in [2.24, 2.45) is 0 Å². The SMILES string of the molecule is COc1ccc(N)c(C(=O)N(C)CCc2cccs2)c1. The maximum Gasteiger partial charge on any atom is 0.255 e. The Kier molecular flexibility index (Phi) is 4.63. The predicted molar refractivity (Wildman–Crippen MR) is 82.4 cm³/mol. The third-order valence-corrected chi connectivity index (χ3v) is 4.05. The third kappa shape index (κ3) is 3.30. The molecule has 106 valence electrons. The van der Waals surface area contributed by atoms with Crippen LogP contribution in [0.25, 0.3) is 0 Å². The van der Waals surface area contributed by atoms with E-state index in [0.29, 0.717) is 23.5 Å². The van der Waals surface area contributed by atoms with Crippen molar-refractivity contribution < 1.29 is 9.53 Å². The molecule has 1 aromatic heterocycles. The van der Waals surface area contributed by atoms with Gasteiger partial charge in [-0.2, -0.15) is 0 Å². The molecule has 2 rings (SSSR count). The highest BCUT2D eigenvalue weighted by Gasteiger charge is 2.15. The van der Waals surface area contributed by atoms with Crippen LogP contribution in [0.15, 0.2) is 35.7 Å². The van der Waals surface area contributed by atoms with Gasteiger partial charge >= 0.3 is 0 Å². The van der Waals surface area contributed by atoms with Gasteiger partial charge < -0.3 is 15.4 Å². The molecule has 0 aliphatic carbocycles. The Labute approximate surface area is 122 Å². The van der Waals surface area contributed by atoms with Crippen LogP contribution in [-0.2, 0) is 6.42 Å². The van der Waals surface area contributed by atoms with Crippen molar-refractivity contribution in [3.8, 4) is 5.75 Å². The number of ether oxygens (including phenoxy) is 1. The summed E-state index contributed by atoms with van der Waals surface area (Å²) >= 11 is 1.70. The second-order valence-electron chi connectivity index (χ2n) is 4.51. The van der Waals surface area contributed by atoms with Crippen molar-refractivity contribution in [3.63, 3.8) is 0 Å². The summed E-state index contributed by atoms with van der Waals surface area (Å²) in [4.78, 5) is 15.3. The molecule has 2 aromatic rings. The zero-order valence-corrected chi connectivity index (χ0v) is 12.4. The smallest absolute Gasteiger partial charge is 0.255 e. The number of benzene rings is 1. The number of likely N-dealkylation sites (N-methyl/N-ethyl adjacent to an activating group) is 1. The molecule has 1 heterocycles. The van der Waals surface area contributed by atoms with Gasteiger partial charge in [0, 0.05) is 24.2 Å². The first-order valence-electron chi connectivity index (χ1n) is 6.33. The second-order valence-corrected chi connectivity index (χ2v) is 5.54. The monoisotopic (exact) mass is 290 g/mol. The highest BCUT2D eigenvalue weighted by atomic mass is 32.1. The summed E-state index contributed by atoms with van der Waals surface area (Å²) in [5.74, 6) is 0.548. The summed E-state index contributed by atoms with van der Waals surface area (Å²) in [6.07, 6.45) is 0.851. The van der Waals surface area contributed by atoms with E-state index in [4.69, 9.17) is 10.5 Å². The summed E-state index contributed by atoms with van der Waals surface area (Å²) in [5.41, 5.74) is 6.83. The molecule has 0 aliphatic heterocycles. The maximum absolute atomic E-state index is 12.4. The fraction of sp³-hybridized carbons (Fsp3) is 0.267. The van der Waals surface area contributed by atoms with Crippen molar-refractivity contribution in [1.29, 1.82) is 0 Å². The minimum absolute atomic E-state index is 0.0852. The number of carbonyl (C=O) groups excluding carboxylic acids is 1. The average molecular weight is 290 g/mol. The number of nitrogens with zero attached hydrogens (tertiary/aromatic N) is 1. The van der Waals surface area contributed by atoms with Gasteiger partial charge in [-0.1, -0.05) is 6.07 Å². The lowest BCUT2D eigenvalue weighted by Crippen LogP contribution is -2.29. The summed E-state index contributed by atoms with van der Waals surface area (Å²) < 4.78 is 5.13. The maximum atomic E-state index is 12.4. The van der Waals surface area contributed by atoms with Crippen LogP contribution in [0.5, 0.6) is 5.75 Å². The van der Waals surface area contributed by atoms with Gasteiger partial charge in [-0.05, 0) is 36.1 Å². The van der Waals surface area contributed by atoms with Crippen molar-refractivity contribution >= 4 is 22.9 Å². The minimum Gasteiger partial charge on any atom is -0.497 e. The molecule has 5 heteroatoms. The molecule has 0 aliphatic rings. The molecular weight excluding hydrogens is 272 g/mol. The van der Waals surface area contributed by atoms with E-state index in [1.165, 1.54) is 4.88 Å². The zero-order valence-electron chi connectivity index (χ0n) is 11.6. The van der Waals surface area contributed by atoms with E-state index in [1.807, 2.05) is 11.4 Å². The first-order valence-corrected chi connectivity index (χ1v) is 7.21. The molecule has 20 heavy (non-hydrogen) atoms. The number of methoxy groups -OCH3 is 1. The molecule has 0 bridgehead atoms. The normalized spacial score (nSPS) is 10.3. The fourth-order valence-electron chi connectivity index (χ4n) is 1.89. The lowest BCUT2D eigenvalue weighted by atomic mass is 10.1. The minimum atomic E-state index is -0.0852. The van der Waals surface area contributed by atoms with Gasteiger partial charge in [-0.15, -0.1) is 11.3 Å². The molecule has 4 nitrogen and oxygen atoms in total. The van der Waals surface area contributed by atoms with Crippen molar-refractivity contribution in [1.82, 2.24) is 4.90 Å². The van der Waals surface area contributed by atoms with Crippen LogP contribution in [0.1, 0.15) is 15.2 Å². The highest BCUT2D eigenvalue weighted by Crippen LogP contribution is 2.21. The molecule has 0 unspecified atom stereocenters. The first-order chi connectivity index (χ1) is 9.61. The van der Waals surface area contributed by atoms with Crippen molar-refractivity contribution in [3.05, 3.63) is 46.2 Å². The Hall–Kier alpha value is -2.01. The summed E-state index contributed by atoms with van der Waals surface area (Å²) in [6.45, 7) is 0.663. The lowest BCUT2D eigenvalue weighted by molar-refractivity contribution is 0.0797. The fourth-order valence-corrected chi connectivity index (χ4v) is 2.59. The van der Waals surface area contributed by atoms with Crippen LogP contribution in [-0.4, -0.2) is 31.5 Å². The van der Waals surface area contributed by atoms with E-state index in [1.54, 1.807) is 48.6 Å². The molecule has 0 radical (unpaired) electrons. The Morgan fingerprint density at radius 1 is 1.40 bits per heavy atom. The number of anilines is 1. The number of amides is 1. The largest absolute Gasteiger partial charge is 0.497 e. The highest BCUT2D eigenvalue weighted by molar-refractivity contribution is 7.09. The molecule has 1 amide bonds. The van der Waals surface area contributed by atoms with E-state index in [9.17, 15) is 4.79 Å². The van der Waals surface area contributed by atoms with Crippen LogP contribution >= 0.6 is 11.3 Å². The van der Waals surface area contributed by atoms with Gasteiger partial charge in [0.1, 0.15) is 5.75 Å². The Balaban J connectivity index is 2.06. The number of hydrogen-bond acceptors (Lipinski definition) is 4. The molecule has 0 atom stereocenters. The number of carbonyl (C=O) groups is 1. The van der Waals surface area contributed by atoms with Gasteiger partial charge in [-0.3, -0.25) is 4.79 Å². The van der Waals surface area contributed by atoms with Crippen LogP contribution in [0.3, 0.4) is 0 Å². The lowest BCUT2D eigenvalue weighted by Gasteiger charge is -2.18. The van der Waals surface area contributed by atoms with Crippen molar-refractivity contribution in [2.75, 3.05) is 26.4 Å². The van der Waals surface area contributed by atoms with Crippen LogP contribution in [0.4, 0.5) is 5.69 Å². The van der Waals surface area contributed by atoms with E-state index in [-0.39, 0.29) is 5.91 Å². The predicted octanol–water partition coefficient (Wildman–Crippen LogP) is 2.65. The molecule has 1 aromatic carbocycles. The van der Waals surface area contributed by atoms with E-state index < -0.39 is 0 Å². The zero-order chi connectivity index (χ0) is 14.5. The van der Waals surface area contributed by atoms with Gasteiger partial charge in [0.15, 0.2) is 0 Å². The second kappa shape index (κ2) is 6.43.